The first kappa shape index (κ1) is 14.4. The van der Waals surface area contributed by atoms with Crippen LogP contribution in [-0.2, 0) is 6.54 Å². The number of carbonyl (C=O) groups is 1. The van der Waals surface area contributed by atoms with Gasteiger partial charge in [0.2, 0.25) is 0 Å². The summed E-state index contributed by atoms with van der Waals surface area (Å²) >= 11 is 3.07. The molecule has 0 unspecified atom stereocenters. The summed E-state index contributed by atoms with van der Waals surface area (Å²) < 4.78 is 13.8. The molecular weight excluding hydrogens is 329 g/mol. The van der Waals surface area contributed by atoms with E-state index in [-0.39, 0.29) is 29.5 Å². The highest BCUT2D eigenvalue weighted by Gasteiger charge is 2.14. The van der Waals surface area contributed by atoms with Crippen molar-refractivity contribution < 1.29 is 9.18 Å². The Hall–Kier alpha value is -2.02. The molecule has 104 valence electrons. The number of aromatic amines is 1. The smallest absolute Gasteiger partial charge is 0.274 e. The summed E-state index contributed by atoms with van der Waals surface area (Å²) in [5.41, 5.74) is 0.412. The van der Waals surface area contributed by atoms with Crippen molar-refractivity contribution in [2.75, 3.05) is 7.05 Å². The molecule has 7 heteroatoms. The zero-order chi connectivity index (χ0) is 14.7. The molecule has 0 aliphatic carbocycles. The second kappa shape index (κ2) is 5.96. The number of amides is 1. The highest BCUT2D eigenvalue weighted by atomic mass is 79.9. The maximum atomic E-state index is 13.4. The van der Waals surface area contributed by atoms with E-state index in [1.807, 2.05) is 0 Å². The van der Waals surface area contributed by atoms with Gasteiger partial charge < -0.3 is 4.90 Å². The van der Waals surface area contributed by atoms with E-state index in [1.54, 1.807) is 19.2 Å². The molecule has 0 atom stereocenters. The van der Waals surface area contributed by atoms with E-state index in [9.17, 15) is 14.0 Å². The summed E-state index contributed by atoms with van der Waals surface area (Å²) in [5.74, 6) is -0.741. The van der Waals surface area contributed by atoms with Gasteiger partial charge in [0.25, 0.3) is 11.5 Å². The fraction of sp³-hybridized carbons (Fsp3) is 0.154. The molecule has 0 spiro atoms. The van der Waals surface area contributed by atoms with Gasteiger partial charge in [0.1, 0.15) is 11.5 Å². The Morgan fingerprint density at radius 2 is 2.15 bits per heavy atom. The van der Waals surface area contributed by atoms with E-state index >= 15 is 0 Å². The predicted molar refractivity (Wildman–Crippen MR) is 74.8 cm³/mol. The van der Waals surface area contributed by atoms with E-state index in [1.165, 1.54) is 23.1 Å². The lowest BCUT2D eigenvalue weighted by Crippen LogP contribution is -2.28. The Balaban J connectivity index is 2.12. The monoisotopic (exact) mass is 339 g/mol. The molecule has 2 aromatic rings. The number of benzene rings is 1. The van der Waals surface area contributed by atoms with Gasteiger partial charge in [0.15, 0.2) is 0 Å². The molecule has 0 bridgehead atoms. The van der Waals surface area contributed by atoms with Crippen LogP contribution in [0.1, 0.15) is 16.1 Å². The van der Waals surface area contributed by atoms with Crippen molar-refractivity contribution in [1.29, 1.82) is 0 Å². The van der Waals surface area contributed by atoms with Crippen LogP contribution in [0.2, 0.25) is 0 Å². The van der Waals surface area contributed by atoms with Crippen molar-refractivity contribution in [3.8, 4) is 0 Å². The van der Waals surface area contributed by atoms with Gasteiger partial charge in [-0.1, -0.05) is 6.07 Å². The van der Waals surface area contributed by atoms with Gasteiger partial charge in [-0.25, -0.2) is 9.49 Å². The van der Waals surface area contributed by atoms with Crippen molar-refractivity contribution in [2.24, 2.45) is 0 Å². The standard InChI is InChI=1S/C13H11BrFN3O2/c1-18(7-8-2-3-9(14)10(15)6-8)13(20)11-4-5-12(19)17-16-11/h2-6H,7H2,1H3,(H,17,19). The molecule has 0 saturated heterocycles. The molecule has 1 aromatic heterocycles. The molecule has 5 nitrogen and oxygen atoms in total. The molecule has 1 N–H and O–H groups in total. The van der Waals surface area contributed by atoms with E-state index < -0.39 is 0 Å². The van der Waals surface area contributed by atoms with Crippen LogP contribution in [-0.4, -0.2) is 28.1 Å². The summed E-state index contributed by atoms with van der Waals surface area (Å²) in [5, 5.41) is 5.86. The summed E-state index contributed by atoms with van der Waals surface area (Å²) in [6, 6.07) is 7.24. The molecule has 0 radical (unpaired) electrons. The van der Waals surface area contributed by atoms with Gasteiger partial charge in [-0.3, -0.25) is 9.59 Å². The van der Waals surface area contributed by atoms with Gasteiger partial charge in [-0.05, 0) is 39.7 Å². The number of halogens is 2. The van der Waals surface area contributed by atoms with Crippen molar-refractivity contribution in [2.45, 2.75) is 6.54 Å². The molecule has 1 amide bonds. The number of aromatic nitrogens is 2. The Bertz CT molecular complexity index is 682. The van der Waals surface area contributed by atoms with Crippen LogP contribution in [0.5, 0.6) is 0 Å². The lowest BCUT2D eigenvalue weighted by atomic mass is 10.2. The Labute approximate surface area is 122 Å². The number of hydrogen-bond acceptors (Lipinski definition) is 3. The average Bonchev–Trinajstić information content (AvgIpc) is 2.43. The topological polar surface area (TPSA) is 66.1 Å². The summed E-state index contributed by atoms with van der Waals surface area (Å²) in [7, 11) is 1.58. The molecule has 1 aromatic carbocycles. The van der Waals surface area contributed by atoms with Gasteiger partial charge in [0, 0.05) is 19.7 Å². The largest absolute Gasteiger partial charge is 0.336 e. The summed E-state index contributed by atoms with van der Waals surface area (Å²) in [4.78, 5) is 24.3. The highest BCUT2D eigenvalue weighted by Crippen LogP contribution is 2.17. The minimum absolute atomic E-state index is 0.129. The van der Waals surface area contributed by atoms with E-state index in [4.69, 9.17) is 0 Å². The fourth-order valence-electron chi connectivity index (χ4n) is 1.64. The number of nitrogens with one attached hydrogen (secondary N) is 1. The van der Waals surface area contributed by atoms with Crippen LogP contribution in [0.4, 0.5) is 4.39 Å². The number of carbonyl (C=O) groups excluding carboxylic acids is 1. The zero-order valence-corrected chi connectivity index (χ0v) is 12.1. The number of rotatable bonds is 3. The predicted octanol–water partition coefficient (Wildman–Crippen LogP) is 1.94. The van der Waals surface area contributed by atoms with Gasteiger partial charge >= 0.3 is 0 Å². The Morgan fingerprint density at radius 3 is 2.75 bits per heavy atom. The lowest BCUT2D eigenvalue weighted by molar-refractivity contribution is 0.0778. The number of nitrogens with zero attached hydrogens (tertiary/aromatic N) is 2. The van der Waals surface area contributed by atoms with Crippen LogP contribution in [0.25, 0.3) is 0 Å². The molecule has 0 aliphatic rings. The zero-order valence-electron chi connectivity index (χ0n) is 10.6. The third kappa shape index (κ3) is 3.30. The maximum Gasteiger partial charge on any atom is 0.274 e. The van der Waals surface area contributed by atoms with Crippen molar-refractivity contribution in [3.05, 3.63) is 62.2 Å². The SMILES string of the molecule is CN(Cc1ccc(Br)c(F)c1)C(=O)c1ccc(=O)[nH]n1. The summed E-state index contributed by atoms with van der Waals surface area (Å²) in [6.45, 7) is 0.240. The second-order valence-corrected chi connectivity index (χ2v) is 5.07. The normalized spacial score (nSPS) is 10.3. The number of H-pyrrole nitrogens is 1. The van der Waals surface area contributed by atoms with Crippen molar-refractivity contribution in [3.63, 3.8) is 0 Å². The van der Waals surface area contributed by atoms with Crippen LogP contribution < -0.4 is 5.56 Å². The van der Waals surface area contributed by atoms with E-state index in [2.05, 4.69) is 26.1 Å². The van der Waals surface area contributed by atoms with Crippen LogP contribution >= 0.6 is 15.9 Å². The first-order chi connectivity index (χ1) is 9.47. The van der Waals surface area contributed by atoms with Crippen LogP contribution in [0.3, 0.4) is 0 Å². The van der Waals surface area contributed by atoms with Gasteiger partial charge in [0.05, 0.1) is 4.47 Å². The van der Waals surface area contributed by atoms with Gasteiger partial charge in [-0.15, -0.1) is 0 Å². The maximum absolute atomic E-state index is 13.4. The quantitative estimate of drug-likeness (QED) is 0.929. The third-order valence-corrected chi connectivity index (χ3v) is 3.29. The molecule has 0 fully saturated rings. The van der Waals surface area contributed by atoms with Crippen LogP contribution in [0, 0.1) is 5.82 Å². The van der Waals surface area contributed by atoms with Gasteiger partial charge in [-0.2, -0.15) is 5.10 Å². The Morgan fingerprint density at radius 1 is 1.40 bits per heavy atom. The minimum Gasteiger partial charge on any atom is -0.336 e. The van der Waals surface area contributed by atoms with E-state index in [0.717, 1.165) is 0 Å². The lowest BCUT2D eigenvalue weighted by Gasteiger charge is -2.16. The summed E-state index contributed by atoms with van der Waals surface area (Å²) in [6.07, 6.45) is 0. The average molecular weight is 340 g/mol. The molecular formula is C13H11BrFN3O2. The molecule has 2 rings (SSSR count). The van der Waals surface area contributed by atoms with Crippen molar-refractivity contribution in [1.82, 2.24) is 15.1 Å². The minimum atomic E-state index is -0.384. The first-order valence-electron chi connectivity index (χ1n) is 5.72. The third-order valence-electron chi connectivity index (χ3n) is 2.65. The Kier molecular flexibility index (Phi) is 4.29. The molecule has 1 heterocycles. The van der Waals surface area contributed by atoms with E-state index in [0.29, 0.717) is 10.0 Å². The molecule has 0 saturated carbocycles. The van der Waals surface area contributed by atoms with Crippen molar-refractivity contribution >= 4 is 21.8 Å². The number of hydrogen-bond donors (Lipinski definition) is 1. The molecule has 20 heavy (non-hydrogen) atoms. The highest BCUT2D eigenvalue weighted by molar-refractivity contribution is 9.10. The van der Waals surface area contributed by atoms with Crippen LogP contribution in [0.15, 0.2) is 39.6 Å². The molecule has 0 aliphatic heterocycles. The fourth-order valence-corrected chi connectivity index (χ4v) is 1.89. The first-order valence-corrected chi connectivity index (χ1v) is 6.52. The second-order valence-electron chi connectivity index (χ2n) is 4.22.